The van der Waals surface area contributed by atoms with Crippen molar-refractivity contribution in [3.8, 4) is 0 Å². The van der Waals surface area contributed by atoms with Crippen molar-refractivity contribution >= 4 is 34.9 Å². The van der Waals surface area contributed by atoms with Crippen molar-refractivity contribution in [2.45, 2.75) is 17.3 Å². The van der Waals surface area contributed by atoms with E-state index in [1.54, 1.807) is 12.3 Å². The Morgan fingerprint density at radius 2 is 2.14 bits per heavy atom. The van der Waals surface area contributed by atoms with Gasteiger partial charge in [-0.15, -0.1) is 23.2 Å². The summed E-state index contributed by atoms with van der Waals surface area (Å²) in [4.78, 5) is 18.4. The lowest BCUT2D eigenvalue weighted by molar-refractivity contribution is -0.117. The van der Waals surface area contributed by atoms with E-state index in [4.69, 9.17) is 27.9 Å². The van der Waals surface area contributed by atoms with Crippen molar-refractivity contribution in [3.63, 3.8) is 0 Å². The molecule has 1 aromatic rings. The fourth-order valence-corrected chi connectivity index (χ4v) is 2.83. The van der Waals surface area contributed by atoms with Gasteiger partial charge in [-0.2, -0.15) is 0 Å². The van der Waals surface area contributed by atoms with E-state index < -0.39 is 4.33 Å². The van der Waals surface area contributed by atoms with Crippen molar-refractivity contribution < 1.29 is 9.53 Å². The van der Waals surface area contributed by atoms with Gasteiger partial charge in [0.05, 0.1) is 19.1 Å². The first-order chi connectivity index (χ1) is 10.0. The van der Waals surface area contributed by atoms with E-state index in [0.29, 0.717) is 12.2 Å². The molecule has 7 heteroatoms. The molecule has 0 spiro atoms. The lowest BCUT2D eigenvalue weighted by Gasteiger charge is -2.26. The number of pyridine rings is 1. The maximum absolute atomic E-state index is 11.9. The first-order valence-electron chi connectivity index (χ1n) is 6.98. The van der Waals surface area contributed by atoms with Crippen LogP contribution in [0.25, 0.3) is 0 Å². The molecule has 2 aliphatic rings. The number of carbonyl (C=O) groups excluding carboxylic acids is 1. The second-order valence-electron chi connectivity index (χ2n) is 5.45. The number of aromatic nitrogens is 1. The average Bonchev–Trinajstić information content (AvgIpc) is 3.11. The van der Waals surface area contributed by atoms with E-state index >= 15 is 0 Å². The predicted molar refractivity (Wildman–Crippen MR) is 81.5 cm³/mol. The quantitative estimate of drug-likeness (QED) is 0.859. The summed E-state index contributed by atoms with van der Waals surface area (Å²) in [7, 11) is 0. The Bertz CT molecular complexity index is 515. The van der Waals surface area contributed by atoms with Gasteiger partial charge in [-0.3, -0.25) is 9.69 Å². The van der Waals surface area contributed by atoms with Crippen molar-refractivity contribution in [1.82, 2.24) is 9.88 Å². The first-order valence-corrected chi connectivity index (χ1v) is 7.74. The molecule has 0 unspecified atom stereocenters. The zero-order chi connectivity index (χ0) is 14.9. The summed E-state index contributed by atoms with van der Waals surface area (Å²) in [5.41, 5.74) is 1.12. The van der Waals surface area contributed by atoms with Crippen LogP contribution < -0.4 is 5.32 Å². The van der Waals surface area contributed by atoms with Crippen LogP contribution in [0.2, 0.25) is 0 Å². The largest absolute Gasteiger partial charge is 0.379 e. The highest BCUT2D eigenvalue weighted by atomic mass is 35.5. The summed E-state index contributed by atoms with van der Waals surface area (Å²) in [5, 5.41) is 2.74. The normalized spacial score (nSPS) is 24.6. The van der Waals surface area contributed by atoms with E-state index in [1.165, 1.54) is 0 Å². The molecule has 1 amide bonds. The number of hydrogen-bond acceptors (Lipinski definition) is 4. The van der Waals surface area contributed by atoms with Gasteiger partial charge in [0.25, 0.3) is 0 Å². The molecule has 114 valence electrons. The third-order valence-electron chi connectivity index (χ3n) is 3.73. The highest BCUT2D eigenvalue weighted by Gasteiger charge is 2.56. The number of carbonyl (C=O) groups is 1. The van der Waals surface area contributed by atoms with Crippen LogP contribution >= 0.6 is 23.2 Å². The molecule has 1 aromatic heterocycles. The molecule has 1 aliphatic carbocycles. The van der Waals surface area contributed by atoms with E-state index in [1.807, 2.05) is 6.07 Å². The summed E-state index contributed by atoms with van der Waals surface area (Å²) in [6.07, 6.45) is 2.28. The number of ether oxygens (including phenoxy) is 1. The number of nitrogens with zero attached hydrogens (tertiary/aromatic N) is 2. The Labute approximate surface area is 133 Å². The topological polar surface area (TPSA) is 54.5 Å². The molecule has 2 fully saturated rings. The second-order valence-corrected chi connectivity index (χ2v) is 6.99. The molecule has 2 heterocycles. The van der Waals surface area contributed by atoms with Crippen LogP contribution in [0.4, 0.5) is 5.82 Å². The van der Waals surface area contributed by atoms with E-state index in [-0.39, 0.29) is 11.8 Å². The van der Waals surface area contributed by atoms with Gasteiger partial charge < -0.3 is 10.1 Å². The molecule has 1 saturated carbocycles. The van der Waals surface area contributed by atoms with E-state index in [0.717, 1.165) is 38.4 Å². The standard InChI is InChI=1S/C14H17Cl2N3O2/c15-14(16)7-11(14)13(20)18-12-2-1-10(8-17-12)9-19-3-5-21-6-4-19/h1-2,8,11H,3-7,9H2,(H,17,18,20)/t11-/m0/s1. The van der Waals surface area contributed by atoms with Gasteiger partial charge in [0.1, 0.15) is 10.2 Å². The molecular formula is C14H17Cl2N3O2. The lowest BCUT2D eigenvalue weighted by atomic mass is 10.2. The monoisotopic (exact) mass is 329 g/mol. The van der Waals surface area contributed by atoms with Crippen molar-refractivity contribution in [2.24, 2.45) is 5.92 Å². The van der Waals surface area contributed by atoms with Gasteiger partial charge in [-0.05, 0) is 18.1 Å². The van der Waals surface area contributed by atoms with Crippen LogP contribution in [-0.4, -0.2) is 46.4 Å². The average molecular weight is 330 g/mol. The fourth-order valence-electron chi connectivity index (χ4n) is 2.32. The molecule has 1 atom stereocenters. The number of rotatable bonds is 4. The molecular weight excluding hydrogens is 313 g/mol. The van der Waals surface area contributed by atoms with Gasteiger partial charge in [-0.25, -0.2) is 4.98 Å². The molecule has 0 radical (unpaired) electrons. The second kappa shape index (κ2) is 6.08. The van der Waals surface area contributed by atoms with Crippen LogP contribution in [0, 0.1) is 5.92 Å². The minimum atomic E-state index is -0.902. The molecule has 3 rings (SSSR count). The van der Waals surface area contributed by atoms with E-state index in [2.05, 4.69) is 15.2 Å². The number of alkyl halides is 2. The predicted octanol–water partition coefficient (Wildman–Crippen LogP) is 2.05. The molecule has 0 bridgehead atoms. The Morgan fingerprint density at radius 3 is 2.71 bits per heavy atom. The Balaban J connectivity index is 1.53. The number of halogens is 2. The highest BCUT2D eigenvalue weighted by molar-refractivity contribution is 6.52. The van der Waals surface area contributed by atoms with Crippen LogP contribution in [-0.2, 0) is 16.1 Å². The van der Waals surface area contributed by atoms with Crippen LogP contribution in [0.1, 0.15) is 12.0 Å². The molecule has 5 nitrogen and oxygen atoms in total. The summed E-state index contributed by atoms with van der Waals surface area (Å²) < 4.78 is 4.42. The molecule has 21 heavy (non-hydrogen) atoms. The first kappa shape index (κ1) is 15.0. The minimum Gasteiger partial charge on any atom is -0.379 e. The van der Waals surface area contributed by atoms with Crippen molar-refractivity contribution in [2.75, 3.05) is 31.6 Å². The third-order valence-corrected chi connectivity index (χ3v) is 4.56. The Morgan fingerprint density at radius 1 is 1.43 bits per heavy atom. The van der Waals surface area contributed by atoms with Crippen LogP contribution in [0.5, 0.6) is 0 Å². The summed E-state index contributed by atoms with van der Waals surface area (Å²) in [6, 6.07) is 3.78. The minimum absolute atomic E-state index is 0.173. The van der Waals surface area contributed by atoms with Gasteiger partial charge in [0.2, 0.25) is 5.91 Å². The lowest BCUT2D eigenvalue weighted by Crippen LogP contribution is -2.35. The Kier molecular flexibility index (Phi) is 4.36. The van der Waals surface area contributed by atoms with E-state index in [9.17, 15) is 4.79 Å². The van der Waals surface area contributed by atoms with Crippen molar-refractivity contribution in [1.29, 1.82) is 0 Å². The van der Waals surface area contributed by atoms with Gasteiger partial charge >= 0.3 is 0 Å². The number of anilines is 1. The smallest absolute Gasteiger partial charge is 0.231 e. The van der Waals surface area contributed by atoms with Crippen LogP contribution in [0.3, 0.4) is 0 Å². The summed E-state index contributed by atoms with van der Waals surface area (Å²) in [6.45, 7) is 4.28. The maximum Gasteiger partial charge on any atom is 0.231 e. The number of amides is 1. The number of nitrogens with one attached hydrogen (secondary N) is 1. The molecule has 1 aliphatic heterocycles. The van der Waals surface area contributed by atoms with Gasteiger partial charge in [-0.1, -0.05) is 6.07 Å². The fraction of sp³-hybridized carbons (Fsp3) is 0.571. The number of morpholine rings is 1. The zero-order valence-corrected chi connectivity index (χ0v) is 13.0. The summed E-state index contributed by atoms with van der Waals surface area (Å²) in [5.74, 6) is 0.0193. The summed E-state index contributed by atoms with van der Waals surface area (Å²) >= 11 is 11.7. The Hall–Kier alpha value is -0.880. The van der Waals surface area contributed by atoms with Crippen molar-refractivity contribution in [3.05, 3.63) is 23.9 Å². The maximum atomic E-state index is 11.9. The molecule has 0 aromatic carbocycles. The van der Waals surface area contributed by atoms with Gasteiger partial charge in [0, 0.05) is 25.8 Å². The SMILES string of the molecule is O=C(Nc1ccc(CN2CCOCC2)cn1)[C@@H]1CC1(Cl)Cl. The number of hydrogen-bond donors (Lipinski definition) is 1. The van der Waals surface area contributed by atoms with Crippen LogP contribution in [0.15, 0.2) is 18.3 Å². The zero-order valence-electron chi connectivity index (χ0n) is 11.5. The highest BCUT2D eigenvalue weighted by Crippen LogP contribution is 2.53. The molecule has 1 saturated heterocycles. The molecule has 1 N–H and O–H groups in total. The van der Waals surface area contributed by atoms with Gasteiger partial charge in [0.15, 0.2) is 0 Å². The third kappa shape index (κ3) is 3.86.